The van der Waals surface area contributed by atoms with Crippen LogP contribution in [-0.2, 0) is 14.8 Å². The third-order valence-corrected chi connectivity index (χ3v) is 6.45. The summed E-state index contributed by atoms with van der Waals surface area (Å²) in [5.41, 5.74) is 1.54. The Labute approximate surface area is 158 Å². The molecule has 1 amide bonds. The molecule has 1 N–H and O–H groups in total. The molecule has 0 atom stereocenters. The molecule has 2 aromatic carbocycles. The first-order valence-corrected chi connectivity index (χ1v) is 9.99. The minimum atomic E-state index is -3.74. The zero-order chi connectivity index (χ0) is 19.6. The van der Waals surface area contributed by atoms with Crippen LogP contribution in [-0.4, -0.2) is 44.9 Å². The molecule has 2 aromatic rings. The van der Waals surface area contributed by atoms with Crippen molar-refractivity contribution in [2.45, 2.75) is 18.7 Å². The second-order valence-electron chi connectivity index (χ2n) is 6.43. The Morgan fingerprint density at radius 3 is 2.52 bits per heavy atom. The van der Waals surface area contributed by atoms with Crippen molar-refractivity contribution in [3.05, 3.63) is 58.9 Å². The highest BCUT2D eigenvalue weighted by Crippen LogP contribution is 2.23. The Balaban J connectivity index is 1.90. The average molecular weight is 392 g/mol. The van der Waals surface area contributed by atoms with Gasteiger partial charge >= 0.3 is 0 Å². The maximum atomic E-state index is 13.9. The van der Waals surface area contributed by atoms with Gasteiger partial charge in [0.2, 0.25) is 10.0 Å². The zero-order valence-electron chi connectivity index (χ0n) is 15.2. The number of morpholine rings is 1. The molecule has 1 heterocycles. The molecule has 1 aliphatic heterocycles. The molecular weight excluding hydrogens is 371 g/mol. The van der Waals surface area contributed by atoms with E-state index in [1.165, 1.54) is 28.6 Å². The van der Waals surface area contributed by atoms with Crippen LogP contribution in [0.2, 0.25) is 0 Å². The molecule has 1 fully saturated rings. The molecule has 3 rings (SSSR count). The lowest BCUT2D eigenvalue weighted by atomic mass is 10.1. The number of amides is 1. The molecule has 0 radical (unpaired) electrons. The minimum absolute atomic E-state index is 0.0539. The predicted molar refractivity (Wildman–Crippen MR) is 99.8 cm³/mol. The molecule has 1 saturated heterocycles. The van der Waals surface area contributed by atoms with Crippen LogP contribution in [0.5, 0.6) is 0 Å². The summed E-state index contributed by atoms with van der Waals surface area (Å²) in [6, 6.07) is 8.83. The number of rotatable bonds is 4. The van der Waals surface area contributed by atoms with Gasteiger partial charge in [0.1, 0.15) is 5.82 Å². The van der Waals surface area contributed by atoms with Gasteiger partial charge in [0.15, 0.2) is 0 Å². The number of sulfonamides is 1. The first kappa shape index (κ1) is 19.5. The van der Waals surface area contributed by atoms with E-state index in [2.05, 4.69) is 5.32 Å². The number of halogens is 1. The molecule has 27 heavy (non-hydrogen) atoms. The maximum Gasteiger partial charge on any atom is 0.255 e. The fourth-order valence-electron chi connectivity index (χ4n) is 2.87. The number of carbonyl (C=O) groups excluding carboxylic acids is 1. The monoisotopic (exact) mass is 392 g/mol. The lowest BCUT2D eigenvalue weighted by Gasteiger charge is -2.26. The van der Waals surface area contributed by atoms with Gasteiger partial charge in [0.05, 0.1) is 23.8 Å². The van der Waals surface area contributed by atoms with E-state index in [0.29, 0.717) is 18.8 Å². The number of nitrogens with one attached hydrogen (secondary N) is 1. The Morgan fingerprint density at radius 2 is 1.81 bits per heavy atom. The summed E-state index contributed by atoms with van der Waals surface area (Å²) in [5.74, 6) is -1.12. The highest BCUT2D eigenvalue weighted by atomic mass is 32.2. The standard InChI is InChI=1S/C19H21FN2O4S/c1-13-3-6-16(20)17(11-13)21-19(23)15-5-4-14(2)18(12-15)27(24,25)22-7-9-26-10-8-22/h3-6,11-12H,7-10H2,1-2H3,(H,21,23). The van der Waals surface area contributed by atoms with Crippen molar-refractivity contribution in [1.29, 1.82) is 0 Å². The van der Waals surface area contributed by atoms with E-state index in [0.717, 1.165) is 5.56 Å². The zero-order valence-corrected chi connectivity index (χ0v) is 16.0. The number of ether oxygens (including phenoxy) is 1. The number of hydrogen-bond donors (Lipinski definition) is 1. The highest BCUT2D eigenvalue weighted by Gasteiger charge is 2.28. The van der Waals surface area contributed by atoms with Gasteiger partial charge in [-0.1, -0.05) is 12.1 Å². The Bertz CT molecular complexity index is 970. The Kier molecular flexibility index (Phi) is 5.59. The minimum Gasteiger partial charge on any atom is -0.379 e. The van der Waals surface area contributed by atoms with Crippen molar-refractivity contribution < 1.29 is 22.3 Å². The molecule has 0 spiro atoms. The summed E-state index contributed by atoms with van der Waals surface area (Å²) in [4.78, 5) is 12.6. The molecule has 0 unspecified atom stereocenters. The molecule has 0 saturated carbocycles. The molecule has 0 bridgehead atoms. The maximum absolute atomic E-state index is 13.9. The molecule has 0 aromatic heterocycles. The third kappa shape index (κ3) is 4.18. The number of anilines is 1. The third-order valence-electron chi connectivity index (χ3n) is 4.41. The quantitative estimate of drug-likeness (QED) is 0.868. The molecule has 6 nitrogen and oxygen atoms in total. The van der Waals surface area contributed by atoms with Crippen LogP contribution in [0.25, 0.3) is 0 Å². The van der Waals surface area contributed by atoms with Crippen molar-refractivity contribution in [3.63, 3.8) is 0 Å². The van der Waals surface area contributed by atoms with Gasteiger partial charge < -0.3 is 10.1 Å². The predicted octanol–water partition coefficient (Wildman–Crippen LogP) is 2.72. The summed E-state index contributed by atoms with van der Waals surface area (Å²) < 4.78 is 46.3. The molecular formula is C19H21FN2O4S. The van der Waals surface area contributed by atoms with Gasteiger partial charge in [-0.2, -0.15) is 4.31 Å². The summed E-state index contributed by atoms with van der Waals surface area (Å²) in [7, 11) is -3.74. The van der Waals surface area contributed by atoms with Crippen molar-refractivity contribution in [1.82, 2.24) is 4.31 Å². The van der Waals surface area contributed by atoms with Crippen molar-refractivity contribution >= 4 is 21.6 Å². The highest BCUT2D eigenvalue weighted by molar-refractivity contribution is 7.89. The topological polar surface area (TPSA) is 75.7 Å². The first-order valence-electron chi connectivity index (χ1n) is 8.55. The van der Waals surface area contributed by atoms with E-state index in [4.69, 9.17) is 4.74 Å². The number of carbonyl (C=O) groups is 1. The van der Waals surface area contributed by atoms with E-state index in [1.54, 1.807) is 26.0 Å². The summed E-state index contributed by atoms with van der Waals surface area (Å²) in [6.07, 6.45) is 0. The van der Waals surface area contributed by atoms with Crippen LogP contribution in [0.4, 0.5) is 10.1 Å². The van der Waals surface area contributed by atoms with Crippen molar-refractivity contribution in [2.75, 3.05) is 31.6 Å². The number of benzene rings is 2. The molecule has 144 valence electrons. The van der Waals surface area contributed by atoms with E-state index in [1.807, 2.05) is 0 Å². The normalized spacial score (nSPS) is 15.5. The lowest BCUT2D eigenvalue weighted by Crippen LogP contribution is -2.40. The molecule has 1 aliphatic rings. The van der Waals surface area contributed by atoms with Crippen LogP contribution in [0.1, 0.15) is 21.5 Å². The summed E-state index contributed by atoms with van der Waals surface area (Å²) in [6.45, 7) is 4.68. The number of nitrogens with zero attached hydrogens (tertiary/aromatic N) is 1. The Morgan fingerprint density at radius 1 is 1.11 bits per heavy atom. The van der Waals surface area contributed by atoms with Crippen LogP contribution in [0.15, 0.2) is 41.3 Å². The lowest BCUT2D eigenvalue weighted by molar-refractivity contribution is 0.0730. The van der Waals surface area contributed by atoms with Crippen molar-refractivity contribution in [2.24, 2.45) is 0 Å². The van der Waals surface area contributed by atoms with Gasteiger partial charge in [-0.05, 0) is 49.2 Å². The van der Waals surface area contributed by atoms with E-state index < -0.39 is 21.7 Å². The van der Waals surface area contributed by atoms with E-state index in [9.17, 15) is 17.6 Å². The van der Waals surface area contributed by atoms with Crippen LogP contribution in [0.3, 0.4) is 0 Å². The first-order chi connectivity index (χ1) is 12.8. The fourth-order valence-corrected chi connectivity index (χ4v) is 4.53. The van der Waals surface area contributed by atoms with Gasteiger partial charge in [-0.3, -0.25) is 4.79 Å². The van der Waals surface area contributed by atoms with E-state index >= 15 is 0 Å². The van der Waals surface area contributed by atoms with Crippen molar-refractivity contribution in [3.8, 4) is 0 Å². The SMILES string of the molecule is Cc1ccc(F)c(NC(=O)c2ccc(C)c(S(=O)(=O)N3CCOCC3)c2)c1. The second kappa shape index (κ2) is 7.75. The van der Waals surface area contributed by atoms with Crippen LogP contribution in [0, 0.1) is 19.7 Å². The smallest absolute Gasteiger partial charge is 0.255 e. The molecule has 8 heteroatoms. The Hall–Kier alpha value is -2.29. The largest absolute Gasteiger partial charge is 0.379 e. The van der Waals surface area contributed by atoms with Gasteiger partial charge in [-0.15, -0.1) is 0 Å². The molecule has 0 aliphatic carbocycles. The fraction of sp³-hybridized carbons (Fsp3) is 0.316. The van der Waals surface area contributed by atoms with Gasteiger partial charge in [0.25, 0.3) is 5.91 Å². The second-order valence-corrected chi connectivity index (χ2v) is 8.34. The van der Waals surface area contributed by atoms with Crippen LogP contribution >= 0.6 is 0 Å². The number of aryl methyl sites for hydroxylation is 2. The number of hydrogen-bond acceptors (Lipinski definition) is 4. The van der Waals surface area contributed by atoms with E-state index in [-0.39, 0.29) is 29.2 Å². The van der Waals surface area contributed by atoms with Gasteiger partial charge in [-0.25, -0.2) is 12.8 Å². The average Bonchev–Trinajstić information content (AvgIpc) is 2.65. The van der Waals surface area contributed by atoms with Gasteiger partial charge in [0, 0.05) is 18.7 Å². The summed E-state index contributed by atoms with van der Waals surface area (Å²) in [5, 5.41) is 2.50. The summed E-state index contributed by atoms with van der Waals surface area (Å²) >= 11 is 0. The van der Waals surface area contributed by atoms with Crippen LogP contribution < -0.4 is 5.32 Å².